The molecule has 1 heterocycles. The minimum absolute atomic E-state index is 0. The molecule has 1 amide bonds. The average Bonchev–Trinajstić information content (AvgIpc) is 3.45. The van der Waals surface area contributed by atoms with Crippen LogP contribution in [0.5, 0.6) is 0 Å². The molecule has 2 saturated carbocycles. The zero-order valence-electron chi connectivity index (χ0n) is 15.1. The Morgan fingerprint density at radius 2 is 1.92 bits per heavy atom. The molecule has 2 N–H and O–H groups in total. The van der Waals surface area contributed by atoms with E-state index >= 15 is 0 Å². The molecule has 0 spiro atoms. The van der Waals surface area contributed by atoms with Gasteiger partial charge in [0.15, 0.2) is 0 Å². The first kappa shape index (κ1) is 20.7. The molecule has 2 aliphatic carbocycles. The van der Waals surface area contributed by atoms with Gasteiger partial charge in [0, 0.05) is 24.7 Å². The van der Waals surface area contributed by atoms with Crippen molar-refractivity contribution in [3.63, 3.8) is 0 Å². The summed E-state index contributed by atoms with van der Waals surface area (Å²) in [4.78, 5) is 12.3. The van der Waals surface area contributed by atoms with Crippen LogP contribution in [-0.2, 0) is 7.05 Å². The van der Waals surface area contributed by atoms with Crippen molar-refractivity contribution in [1.29, 1.82) is 0 Å². The number of benzene rings is 1. The molecule has 2 fully saturated rings. The number of hydrogen-bond acceptors (Lipinski definition) is 3. The molecule has 2 unspecified atom stereocenters. The molecule has 5 nitrogen and oxygen atoms in total. The Morgan fingerprint density at radius 1 is 1.23 bits per heavy atom. The van der Waals surface area contributed by atoms with E-state index in [1.165, 1.54) is 31.4 Å². The smallest absolute Gasteiger partial charge is 0.273 e. The second kappa shape index (κ2) is 8.42. The van der Waals surface area contributed by atoms with Crippen molar-refractivity contribution in [3.05, 3.63) is 47.3 Å². The van der Waals surface area contributed by atoms with Crippen molar-refractivity contribution in [2.24, 2.45) is 13.0 Å². The van der Waals surface area contributed by atoms with Crippen LogP contribution in [0.4, 0.5) is 5.69 Å². The van der Waals surface area contributed by atoms with Crippen molar-refractivity contribution in [3.8, 4) is 0 Å². The number of rotatable bonds is 6. The summed E-state index contributed by atoms with van der Waals surface area (Å²) in [5.41, 5.74) is 3.60. The molecule has 0 bridgehead atoms. The van der Waals surface area contributed by atoms with E-state index in [-0.39, 0.29) is 30.7 Å². The van der Waals surface area contributed by atoms with Gasteiger partial charge in [-0.05, 0) is 62.4 Å². The summed E-state index contributed by atoms with van der Waals surface area (Å²) in [5.74, 6) is 1.44. The van der Waals surface area contributed by atoms with Gasteiger partial charge in [-0.2, -0.15) is 5.10 Å². The molecular formula is C19H26Cl2N4O. The molecule has 26 heavy (non-hydrogen) atoms. The van der Waals surface area contributed by atoms with Gasteiger partial charge in [-0.3, -0.25) is 9.48 Å². The van der Waals surface area contributed by atoms with Gasteiger partial charge in [0.25, 0.3) is 5.91 Å². The largest absolute Gasteiger partial charge is 0.321 e. The predicted molar refractivity (Wildman–Crippen MR) is 109 cm³/mol. The summed E-state index contributed by atoms with van der Waals surface area (Å²) in [6, 6.07) is 10.7. The summed E-state index contributed by atoms with van der Waals surface area (Å²) < 4.78 is 1.61. The Balaban J connectivity index is 0.00000121. The van der Waals surface area contributed by atoms with Crippen LogP contribution in [-0.4, -0.2) is 28.3 Å². The number of anilines is 1. The van der Waals surface area contributed by atoms with Crippen molar-refractivity contribution in [1.82, 2.24) is 15.1 Å². The second-order valence-corrected chi connectivity index (χ2v) is 7.17. The zero-order valence-corrected chi connectivity index (χ0v) is 16.7. The zero-order chi connectivity index (χ0) is 16.7. The molecule has 7 heteroatoms. The molecule has 2 aromatic rings. The summed E-state index contributed by atoms with van der Waals surface area (Å²) in [6.07, 6.45) is 4.02. The van der Waals surface area contributed by atoms with Gasteiger partial charge in [0.2, 0.25) is 0 Å². The number of hydrogen-bond donors (Lipinski definition) is 2. The first-order chi connectivity index (χ1) is 11.6. The van der Waals surface area contributed by atoms with Gasteiger partial charge in [-0.25, -0.2) is 0 Å². The standard InChI is InChI=1S/C19H24N4O.2ClH/c1-12-9-18(23(2)22-12)19(24)21-15-7-5-14(6-8-15)16-10-17(16)20-11-13-3-4-13;;/h5-9,13,16-17,20H,3-4,10-11H2,1-2H3,(H,21,24);2*1H. The fraction of sp³-hybridized carbons (Fsp3) is 0.474. The van der Waals surface area contributed by atoms with Crippen molar-refractivity contribution >= 4 is 36.4 Å². The van der Waals surface area contributed by atoms with Gasteiger partial charge in [-0.15, -0.1) is 24.8 Å². The van der Waals surface area contributed by atoms with E-state index in [1.807, 2.05) is 19.1 Å². The highest BCUT2D eigenvalue weighted by Crippen LogP contribution is 2.41. The van der Waals surface area contributed by atoms with Gasteiger partial charge in [0.05, 0.1) is 5.69 Å². The fourth-order valence-corrected chi connectivity index (χ4v) is 3.26. The van der Waals surface area contributed by atoms with Gasteiger partial charge < -0.3 is 10.6 Å². The lowest BCUT2D eigenvalue weighted by Crippen LogP contribution is -2.20. The first-order valence-electron chi connectivity index (χ1n) is 8.75. The van der Waals surface area contributed by atoms with Crippen LogP contribution in [0.25, 0.3) is 0 Å². The van der Waals surface area contributed by atoms with Crippen LogP contribution in [0.3, 0.4) is 0 Å². The van der Waals surface area contributed by atoms with Crippen LogP contribution < -0.4 is 10.6 Å². The van der Waals surface area contributed by atoms with Crippen LogP contribution in [0, 0.1) is 12.8 Å². The molecule has 1 aromatic carbocycles. The molecule has 0 saturated heterocycles. The minimum Gasteiger partial charge on any atom is -0.321 e. The third-order valence-corrected chi connectivity index (χ3v) is 4.99. The Kier molecular flexibility index (Phi) is 6.72. The number of carbonyl (C=O) groups is 1. The SMILES string of the molecule is Cc1cc(C(=O)Nc2ccc(C3CC3NCC3CC3)cc2)n(C)n1.Cl.Cl. The fourth-order valence-electron chi connectivity index (χ4n) is 3.26. The lowest BCUT2D eigenvalue weighted by atomic mass is 10.1. The summed E-state index contributed by atoms with van der Waals surface area (Å²) in [5, 5.41) is 10.8. The van der Waals surface area contributed by atoms with E-state index in [9.17, 15) is 4.79 Å². The maximum absolute atomic E-state index is 12.3. The van der Waals surface area contributed by atoms with Crippen LogP contribution in [0.15, 0.2) is 30.3 Å². The third kappa shape index (κ3) is 4.78. The molecule has 4 rings (SSSR count). The Morgan fingerprint density at radius 3 is 2.50 bits per heavy atom. The minimum atomic E-state index is -0.124. The lowest BCUT2D eigenvalue weighted by Gasteiger charge is -2.07. The number of carbonyl (C=O) groups excluding carboxylic acids is 1. The van der Waals surface area contributed by atoms with Crippen molar-refractivity contribution in [2.45, 2.75) is 38.1 Å². The van der Waals surface area contributed by atoms with E-state index in [0.717, 1.165) is 17.3 Å². The number of halogens is 2. The molecule has 1 aromatic heterocycles. The van der Waals surface area contributed by atoms with E-state index in [2.05, 4.69) is 27.9 Å². The van der Waals surface area contributed by atoms with Crippen LogP contribution in [0.2, 0.25) is 0 Å². The topological polar surface area (TPSA) is 59.0 Å². The van der Waals surface area contributed by atoms with Gasteiger partial charge in [-0.1, -0.05) is 12.1 Å². The Bertz CT molecular complexity index is 755. The van der Waals surface area contributed by atoms with Gasteiger partial charge >= 0.3 is 0 Å². The van der Waals surface area contributed by atoms with Gasteiger partial charge in [0.1, 0.15) is 5.69 Å². The predicted octanol–water partition coefficient (Wildman–Crippen LogP) is 3.68. The van der Waals surface area contributed by atoms with Crippen molar-refractivity contribution in [2.75, 3.05) is 11.9 Å². The van der Waals surface area contributed by atoms with Crippen molar-refractivity contribution < 1.29 is 4.79 Å². The number of nitrogens with one attached hydrogen (secondary N) is 2. The summed E-state index contributed by atoms with van der Waals surface area (Å²) >= 11 is 0. The number of aromatic nitrogens is 2. The Labute approximate surface area is 166 Å². The molecular weight excluding hydrogens is 371 g/mol. The molecule has 142 valence electrons. The average molecular weight is 397 g/mol. The van der Waals surface area contributed by atoms with E-state index in [0.29, 0.717) is 17.7 Å². The summed E-state index contributed by atoms with van der Waals surface area (Å²) in [6.45, 7) is 3.06. The molecule has 0 radical (unpaired) electrons. The third-order valence-electron chi connectivity index (χ3n) is 4.99. The quantitative estimate of drug-likeness (QED) is 0.782. The monoisotopic (exact) mass is 396 g/mol. The van der Waals surface area contributed by atoms with E-state index in [1.54, 1.807) is 17.8 Å². The highest BCUT2D eigenvalue weighted by molar-refractivity contribution is 6.03. The van der Waals surface area contributed by atoms with E-state index in [4.69, 9.17) is 0 Å². The van der Waals surface area contributed by atoms with E-state index < -0.39 is 0 Å². The number of amides is 1. The van der Waals surface area contributed by atoms with Crippen LogP contribution in [0.1, 0.15) is 46.9 Å². The number of nitrogens with zero attached hydrogens (tertiary/aromatic N) is 2. The maximum atomic E-state index is 12.3. The Hall–Kier alpha value is -1.56. The molecule has 2 aliphatic rings. The first-order valence-corrected chi connectivity index (χ1v) is 8.75. The number of aryl methyl sites for hydroxylation is 2. The normalized spacial score (nSPS) is 20.7. The molecule has 0 aliphatic heterocycles. The lowest BCUT2D eigenvalue weighted by molar-refractivity contribution is 0.101. The van der Waals surface area contributed by atoms with Crippen LogP contribution >= 0.6 is 24.8 Å². The highest BCUT2D eigenvalue weighted by Gasteiger charge is 2.38. The maximum Gasteiger partial charge on any atom is 0.273 e. The highest BCUT2D eigenvalue weighted by atomic mass is 35.5. The molecule has 2 atom stereocenters. The summed E-state index contributed by atoms with van der Waals surface area (Å²) in [7, 11) is 1.78. The second-order valence-electron chi connectivity index (χ2n) is 7.17.